The number of likely N-dealkylation sites (N-methyl/N-ethyl adjacent to an activating group) is 1. The number of hydrogen-bond donors (Lipinski definition) is 1. The Hall–Kier alpha value is -0.570. The predicted molar refractivity (Wildman–Crippen MR) is 71.6 cm³/mol. The van der Waals surface area contributed by atoms with Crippen molar-refractivity contribution in [2.75, 3.05) is 13.6 Å². The summed E-state index contributed by atoms with van der Waals surface area (Å²) in [5, 5.41) is 0. The number of rotatable bonds is 8. The minimum Gasteiger partial charge on any atom is -0.341 e. The number of unbranched alkanes of at least 4 members (excludes halogenated alkanes) is 1. The average molecular weight is 240 g/mol. The van der Waals surface area contributed by atoms with E-state index in [2.05, 4.69) is 13.8 Å². The highest BCUT2D eigenvalue weighted by molar-refractivity contribution is 5.79. The van der Waals surface area contributed by atoms with E-state index >= 15 is 0 Å². The number of hydrogen-bond acceptors (Lipinski definition) is 2. The predicted octanol–water partition coefficient (Wildman–Crippen LogP) is 2.40. The molecule has 2 atom stereocenters. The van der Waals surface area contributed by atoms with Crippen LogP contribution < -0.4 is 5.73 Å². The molecule has 17 heavy (non-hydrogen) atoms. The minimum atomic E-state index is 0.202. The molecule has 1 saturated carbocycles. The highest BCUT2D eigenvalue weighted by Crippen LogP contribution is 2.35. The molecule has 1 aliphatic carbocycles. The minimum absolute atomic E-state index is 0.202. The van der Waals surface area contributed by atoms with E-state index < -0.39 is 0 Å². The lowest BCUT2D eigenvalue weighted by atomic mass is 9.96. The molecule has 0 radical (unpaired) electrons. The van der Waals surface area contributed by atoms with Gasteiger partial charge in [-0.05, 0) is 31.6 Å². The second kappa shape index (κ2) is 7.00. The molecule has 0 bridgehead atoms. The van der Waals surface area contributed by atoms with Gasteiger partial charge in [0, 0.05) is 25.6 Å². The second-order valence-corrected chi connectivity index (χ2v) is 5.34. The Morgan fingerprint density at radius 3 is 2.47 bits per heavy atom. The van der Waals surface area contributed by atoms with Crippen LogP contribution >= 0.6 is 0 Å². The van der Waals surface area contributed by atoms with Crippen LogP contribution in [0.2, 0.25) is 0 Å². The van der Waals surface area contributed by atoms with Crippen molar-refractivity contribution >= 4 is 5.91 Å². The molecule has 0 saturated heterocycles. The number of carbonyl (C=O) groups is 1. The molecule has 0 aromatic rings. The Morgan fingerprint density at radius 2 is 2.06 bits per heavy atom. The third-order valence-corrected chi connectivity index (χ3v) is 4.00. The SMILES string of the molecule is CCCCC(CC)C(=O)N(C)C(CN)C1CC1. The monoisotopic (exact) mass is 240 g/mol. The molecule has 3 heteroatoms. The summed E-state index contributed by atoms with van der Waals surface area (Å²) in [5.74, 6) is 1.17. The average Bonchev–Trinajstić information content (AvgIpc) is 3.15. The van der Waals surface area contributed by atoms with E-state index in [-0.39, 0.29) is 12.0 Å². The van der Waals surface area contributed by atoms with E-state index in [0.717, 1.165) is 25.7 Å². The van der Waals surface area contributed by atoms with Crippen molar-refractivity contribution in [2.24, 2.45) is 17.6 Å². The molecule has 3 nitrogen and oxygen atoms in total. The van der Waals surface area contributed by atoms with Crippen molar-refractivity contribution < 1.29 is 4.79 Å². The highest BCUT2D eigenvalue weighted by atomic mass is 16.2. The van der Waals surface area contributed by atoms with E-state index in [1.807, 2.05) is 11.9 Å². The zero-order valence-electron chi connectivity index (χ0n) is 11.6. The van der Waals surface area contributed by atoms with Crippen molar-refractivity contribution in [3.8, 4) is 0 Å². The summed E-state index contributed by atoms with van der Waals surface area (Å²) in [4.78, 5) is 14.3. The first-order valence-corrected chi connectivity index (χ1v) is 7.12. The summed E-state index contributed by atoms with van der Waals surface area (Å²) in [6, 6.07) is 0.276. The molecule has 0 aromatic carbocycles. The van der Waals surface area contributed by atoms with E-state index in [0.29, 0.717) is 18.4 Å². The maximum Gasteiger partial charge on any atom is 0.225 e. The molecule has 100 valence electrons. The Labute approximate surface area is 106 Å². The van der Waals surface area contributed by atoms with Gasteiger partial charge >= 0.3 is 0 Å². The van der Waals surface area contributed by atoms with E-state index in [1.54, 1.807) is 0 Å². The summed E-state index contributed by atoms with van der Waals surface area (Å²) >= 11 is 0. The Bertz CT molecular complexity index is 238. The van der Waals surface area contributed by atoms with Gasteiger partial charge in [-0.15, -0.1) is 0 Å². The molecule has 0 heterocycles. The van der Waals surface area contributed by atoms with Gasteiger partial charge in [-0.1, -0.05) is 26.7 Å². The first kappa shape index (κ1) is 14.5. The summed E-state index contributed by atoms with van der Waals surface area (Å²) in [7, 11) is 1.94. The van der Waals surface area contributed by atoms with Gasteiger partial charge in [0.2, 0.25) is 5.91 Å². The highest BCUT2D eigenvalue weighted by Gasteiger charge is 2.36. The van der Waals surface area contributed by atoms with Crippen LogP contribution in [0.5, 0.6) is 0 Å². The Kier molecular flexibility index (Phi) is 5.96. The van der Waals surface area contributed by atoms with Gasteiger partial charge in [0.1, 0.15) is 0 Å². The molecule has 2 unspecified atom stereocenters. The smallest absolute Gasteiger partial charge is 0.225 e. The number of amides is 1. The molecule has 0 aromatic heterocycles. The first-order chi connectivity index (χ1) is 8.15. The normalized spacial score (nSPS) is 18.8. The van der Waals surface area contributed by atoms with Gasteiger partial charge < -0.3 is 10.6 Å². The molecule has 1 aliphatic rings. The van der Waals surface area contributed by atoms with Crippen LogP contribution in [-0.4, -0.2) is 30.4 Å². The maximum atomic E-state index is 12.4. The third-order valence-electron chi connectivity index (χ3n) is 4.00. The van der Waals surface area contributed by atoms with Crippen molar-refractivity contribution in [2.45, 2.75) is 58.4 Å². The topological polar surface area (TPSA) is 46.3 Å². The molecule has 1 fully saturated rings. The zero-order chi connectivity index (χ0) is 12.8. The fourth-order valence-corrected chi connectivity index (χ4v) is 2.55. The first-order valence-electron chi connectivity index (χ1n) is 7.12. The van der Waals surface area contributed by atoms with Gasteiger partial charge in [0.25, 0.3) is 0 Å². The van der Waals surface area contributed by atoms with Gasteiger partial charge in [-0.25, -0.2) is 0 Å². The van der Waals surface area contributed by atoms with Crippen molar-refractivity contribution in [3.63, 3.8) is 0 Å². The third kappa shape index (κ3) is 3.98. The van der Waals surface area contributed by atoms with E-state index in [9.17, 15) is 4.79 Å². The number of nitrogens with zero attached hydrogens (tertiary/aromatic N) is 1. The van der Waals surface area contributed by atoms with E-state index in [4.69, 9.17) is 5.73 Å². The van der Waals surface area contributed by atoms with E-state index in [1.165, 1.54) is 12.8 Å². The van der Waals surface area contributed by atoms with Crippen molar-refractivity contribution in [1.82, 2.24) is 4.90 Å². The van der Waals surface area contributed by atoms with Gasteiger partial charge in [-0.2, -0.15) is 0 Å². The fourth-order valence-electron chi connectivity index (χ4n) is 2.55. The van der Waals surface area contributed by atoms with Crippen molar-refractivity contribution in [3.05, 3.63) is 0 Å². The molecule has 0 aliphatic heterocycles. The van der Waals surface area contributed by atoms with Crippen LogP contribution in [0, 0.1) is 11.8 Å². The fraction of sp³-hybridized carbons (Fsp3) is 0.929. The largest absolute Gasteiger partial charge is 0.341 e. The second-order valence-electron chi connectivity index (χ2n) is 5.34. The van der Waals surface area contributed by atoms with Crippen LogP contribution in [0.3, 0.4) is 0 Å². The number of nitrogens with two attached hydrogens (primary N) is 1. The van der Waals surface area contributed by atoms with Crippen LogP contribution in [-0.2, 0) is 4.79 Å². The summed E-state index contributed by atoms with van der Waals surface area (Å²) in [6.45, 7) is 4.89. The maximum absolute atomic E-state index is 12.4. The van der Waals surface area contributed by atoms with Gasteiger partial charge in [0.15, 0.2) is 0 Å². The summed E-state index contributed by atoms with van der Waals surface area (Å²) in [5.41, 5.74) is 5.80. The lowest BCUT2D eigenvalue weighted by Gasteiger charge is -2.30. The van der Waals surface area contributed by atoms with Crippen LogP contribution in [0.1, 0.15) is 52.4 Å². The van der Waals surface area contributed by atoms with Crippen molar-refractivity contribution in [1.29, 1.82) is 0 Å². The molecular formula is C14H28N2O. The molecule has 2 N–H and O–H groups in total. The lowest BCUT2D eigenvalue weighted by molar-refractivity contribution is -0.137. The van der Waals surface area contributed by atoms with Gasteiger partial charge in [0.05, 0.1) is 0 Å². The molecule has 1 rings (SSSR count). The molecule has 1 amide bonds. The zero-order valence-corrected chi connectivity index (χ0v) is 11.6. The lowest BCUT2D eigenvalue weighted by Crippen LogP contribution is -2.45. The summed E-state index contributed by atoms with van der Waals surface area (Å²) < 4.78 is 0. The number of carbonyl (C=O) groups excluding carboxylic acids is 1. The quantitative estimate of drug-likeness (QED) is 0.708. The van der Waals surface area contributed by atoms with Crippen LogP contribution in [0.25, 0.3) is 0 Å². The van der Waals surface area contributed by atoms with Gasteiger partial charge in [-0.3, -0.25) is 4.79 Å². The standard InChI is InChI=1S/C14H28N2O/c1-4-6-7-11(5-2)14(17)16(3)13(10-15)12-8-9-12/h11-13H,4-10,15H2,1-3H3. The Morgan fingerprint density at radius 1 is 1.41 bits per heavy atom. The van der Waals surface area contributed by atoms with Crippen LogP contribution in [0.4, 0.5) is 0 Å². The molecule has 0 spiro atoms. The Balaban J connectivity index is 2.52. The summed E-state index contributed by atoms with van der Waals surface area (Å²) in [6.07, 6.45) is 6.77. The molecular weight excluding hydrogens is 212 g/mol. The van der Waals surface area contributed by atoms with Crippen LogP contribution in [0.15, 0.2) is 0 Å².